The molecule has 0 aliphatic rings. The lowest BCUT2D eigenvalue weighted by Crippen LogP contribution is -2.24. The summed E-state index contributed by atoms with van der Waals surface area (Å²) in [6, 6.07) is 12.0. The van der Waals surface area contributed by atoms with Gasteiger partial charge in [0.25, 0.3) is 0 Å². The first-order valence-corrected chi connectivity index (χ1v) is 10.2. The molecule has 0 bridgehead atoms. The minimum Gasteiger partial charge on any atom is -0.494 e. The van der Waals surface area contributed by atoms with Crippen molar-refractivity contribution in [2.45, 2.75) is 30.6 Å². The topological polar surface area (TPSA) is 98.5 Å². The molecule has 1 amide bonds. The number of hydrogen-bond donors (Lipinski definition) is 2. The Bertz CT molecular complexity index is 837. The molecule has 0 saturated carbocycles. The van der Waals surface area contributed by atoms with E-state index in [1.54, 1.807) is 24.3 Å². The van der Waals surface area contributed by atoms with Crippen molar-refractivity contribution in [1.29, 1.82) is 0 Å². The van der Waals surface area contributed by atoms with Crippen molar-refractivity contribution in [3.05, 3.63) is 59.9 Å². The monoisotopic (exact) mass is 394 g/mol. The number of benzene rings is 2. The van der Waals surface area contributed by atoms with Gasteiger partial charge in [0.05, 0.1) is 11.5 Å². The zero-order valence-electron chi connectivity index (χ0n) is 14.9. The van der Waals surface area contributed by atoms with E-state index in [1.807, 2.05) is 0 Å². The third kappa shape index (κ3) is 7.76. The van der Waals surface area contributed by atoms with Crippen molar-refractivity contribution in [1.82, 2.24) is 5.32 Å². The Balaban J connectivity index is 1.57. The Labute approximate surface area is 158 Å². The lowest BCUT2D eigenvalue weighted by molar-refractivity contribution is -0.121. The number of hydrogen-bond acceptors (Lipinski definition) is 4. The molecular formula is C19H23FN2O4S. The summed E-state index contributed by atoms with van der Waals surface area (Å²) in [4.78, 5) is 11.9. The highest BCUT2D eigenvalue weighted by Gasteiger charge is 2.07. The van der Waals surface area contributed by atoms with Gasteiger partial charge < -0.3 is 10.1 Å². The van der Waals surface area contributed by atoms with Crippen molar-refractivity contribution >= 4 is 15.9 Å². The first-order chi connectivity index (χ1) is 12.8. The predicted octanol–water partition coefficient (Wildman–Crippen LogP) is 2.38. The number of carbonyl (C=O) groups excluding carboxylic acids is 1. The molecule has 27 heavy (non-hydrogen) atoms. The Morgan fingerprint density at radius 2 is 1.70 bits per heavy atom. The van der Waals surface area contributed by atoms with Gasteiger partial charge in [0.15, 0.2) is 0 Å². The first kappa shape index (κ1) is 20.9. The molecule has 0 aromatic heterocycles. The molecule has 8 heteroatoms. The van der Waals surface area contributed by atoms with Gasteiger partial charge in [-0.15, -0.1) is 0 Å². The fourth-order valence-electron chi connectivity index (χ4n) is 2.37. The second-order valence-corrected chi connectivity index (χ2v) is 7.61. The number of amides is 1. The molecule has 0 unspecified atom stereocenters. The van der Waals surface area contributed by atoms with E-state index in [2.05, 4.69) is 5.32 Å². The third-order valence-corrected chi connectivity index (χ3v) is 4.80. The lowest BCUT2D eigenvalue weighted by Gasteiger charge is -2.07. The van der Waals surface area contributed by atoms with Crippen molar-refractivity contribution in [2.75, 3.05) is 13.2 Å². The van der Waals surface area contributed by atoms with Gasteiger partial charge in [-0.25, -0.2) is 17.9 Å². The summed E-state index contributed by atoms with van der Waals surface area (Å²) in [7, 11) is -3.70. The van der Waals surface area contributed by atoms with Crippen LogP contribution in [-0.4, -0.2) is 27.5 Å². The molecule has 2 aromatic rings. The van der Waals surface area contributed by atoms with Crippen LogP contribution in [0.4, 0.5) is 4.39 Å². The van der Waals surface area contributed by atoms with E-state index < -0.39 is 10.0 Å². The fourth-order valence-corrected chi connectivity index (χ4v) is 2.88. The second-order valence-electron chi connectivity index (χ2n) is 6.05. The van der Waals surface area contributed by atoms with Crippen LogP contribution in [0.1, 0.15) is 24.8 Å². The zero-order valence-corrected chi connectivity index (χ0v) is 15.7. The van der Waals surface area contributed by atoms with Crippen LogP contribution in [0, 0.1) is 5.82 Å². The Morgan fingerprint density at radius 1 is 1.04 bits per heavy atom. The minimum atomic E-state index is -3.70. The number of ether oxygens (including phenoxy) is 1. The Morgan fingerprint density at radius 3 is 2.33 bits per heavy atom. The quantitative estimate of drug-likeness (QED) is 0.605. The SMILES string of the molecule is NS(=O)(=O)c1ccc(CCC(=O)NCCCCOc2ccc(F)cc2)cc1. The van der Waals surface area contributed by atoms with Gasteiger partial charge in [-0.1, -0.05) is 12.1 Å². The van der Waals surface area contributed by atoms with Crippen LogP contribution in [0.25, 0.3) is 0 Å². The molecular weight excluding hydrogens is 371 g/mol. The summed E-state index contributed by atoms with van der Waals surface area (Å²) >= 11 is 0. The number of rotatable bonds is 10. The van der Waals surface area contributed by atoms with Crippen LogP contribution >= 0.6 is 0 Å². The normalized spacial score (nSPS) is 11.2. The van der Waals surface area contributed by atoms with Crippen LogP contribution in [-0.2, 0) is 21.2 Å². The van der Waals surface area contributed by atoms with E-state index in [0.29, 0.717) is 31.7 Å². The maximum Gasteiger partial charge on any atom is 0.238 e. The maximum atomic E-state index is 12.8. The summed E-state index contributed by atoms with van der Waals surface area (Å²) in [5.74, 6) is 0.254. The van der Waals surface area contributed by atoms with E-state index in [1.165, 1.54) is 24.3 Å². The predicted molar refractivity (Wildman–Crippen MR) is 100 cm³/mol. The highest BCUT2D eigenvalue weighted by atomic mass is 32.2. The second kappa shape index (κ2) is 10.0. The van der Waals surface area contributed by atoms with Crippen molar-refractivity contribution in [3.63, 3.8) is 0 Å². The number of nitrogens with two attached hydrogens (primary N) is 1. The van der Waals surface area contributed by atoms with Gasteiger partial charge in [-0.3, -0.25) is 4.79 Å². The van der Waals surface area contributed by atoms with E-state index in [9.17, 15) is 17.6 Å². The minimum absolute atomic E-state index is 0.0542. The van der Waals surface area contributed by atoms with E-state index in [4.69, 9.17) is 9.88 Å². The Kier molecular flexibility index (Phi) is 7.75. The molecule has 146 valence electrons. The average molecular weight is 394 g/mol. The molecule has 2 rings (SSSR count). The lowest BCUT2D eigenvalue weighted by atomic mass is 10.1. The van der Waals surface area contributed by atoms with Gasteiger partial charge in [-0.2, -0.15) is 0 Å². The first-order valence-electron chi connectivity index (χ1n) is 8.61. The van der Waals surface area contributed by atoms with Gasteiger partial charge in [-0.05, 0) is 61.2 Å². The highest BCUT2D eigenvalue weighted by Crippen LogP contribution is 2.12. The van der Waals surface area contributed by atoms with Crippen LogP contribution in [0.5, 0.6) is 5.75 Å². The van der Waals surface area contributed by atoms with Crippen LogP contribution in [0.15, 0.2) is 53.4 Å². The number of nitrogens with one attached hydrogen (secondary N) is 1. The van der Waals surface area contributed by atoms with Gasteiger partial charge in [0.1, 0.15) is 11.6 Å². The summed E-state index contributed by atoms with van der Waals surface area (Å²) in [6.45, 7) is 1.05. The standard InChI is InChI=1S/C19H23FN2O4S/c20-16-6-8-17(9-7-16)26-14-2-1-13-22-19(23)12-5-15-3-10-18(11-4-15)27(21,24)25/h3-4,6-11H,1-2,5,12-14H2,(H,22,23)(H2,21,24,25). The van der Waals surface area contributed by atoms with Crippen molar-refractivity contribution in [3.8, 4) is 5.75 Å². The van der Waals surface area contributed by atoms with Crippen molar-refractivity contribution < 1.29 is 22.3 Å². The molecule has 6 nitrogen and oxygen atoms in total. The van der Waals surface area contributed by atoms with Gasteiger partial charge >= 0.3 is 0 Å². The molecule has 3 N–H and O–H groups in total. The largest absolute Gasteiger partial charge is 0.494 e. The molecule has 0 radical (unpaired) electrons. The smallest absolute Gasteiger partial charge is 0.238 e. The summed E-state index contributed by atoms with van der Waals surface area (Å²) in [6.07, 6.45) is 2.38. The molecule has 0 spiro atoms. The summed E-state index contributed by atoms with van der Waals surface area (Å²) in [5.41, 5.74) is 0.866. The van der Waals surface area contributed by atoms with E-state index in [-0.39, 0.29) is 16.6 Å². The van der Waals surface area contributed by atoms with Gasteiger partial charge in [0, 0.05) is 13.0 Å². The number of sulfonamides is 1. The van der Waals surface area contributed by atoms with E-state index >= 15 is 0 Å². The van der Waals surface area contributed by atoms with E-state index in [0.717, 1.165) is 18.4 Å². The van der Waals surface area contributed by atoms with Crippen LogP contribution in [0.2, 0.25) is 0 Å². The molecule has 0 aliphatic heterocycles. The van der Waals surface area contributed by atoms with Gasteiger partial charge in [0.2, 0.25) is 15.9 Å². The van der Waals surface area contributed by atoms with Crippen LogP contribution in [0.3, 0.4) is 0 Å². The van der Waals surface area contributed by atoms with Crippen molar-refractivity contribution in [2.24, 2.45) is 5.14 Å². The number of primary sulfonamides is 1. The number of halogens is 1. The number of aryl methyl sites for hydroxylation is 1. The molecule has 0 aliphatic carbocycles. The summed E-state index contributed by atoms with van der Waals surface area (Å²) in [5, 5.41) is 7.88. The van der Waals surface area contributed by atoms with Crippen LogP contribution < -0.4 is 15.2 Å². The number of carbonyl (C=O) groups is 1. The Hall–Kier alpha value is -2.45. The molecule has 0 saturated heterocycles. The zero-order chi connectivity index (χ0) is 19.7. The average Bonchev–Trinajstić information content (AvgIpc) is 2.64. The maximum absolute atomic E-state index is 12.8. The fraction of sp³-hybridized carbons (Fsp3) is 0.316. The third-order valence-electron chi connectivity index (χ3n) is 3.87. The molecule has 0 atom stereocenters. The number of unbranched alkanes of at least 4 members (excludes halogenated alkanes) is 1. The molecule has 0 fully saturated rings. The molecule has 2 aromatic carbocycles. The highest BCUT2D eigenvalue weighted by molar-refractivity contribution is 7.89. The molecule has 0 heterocycles. The summed E-state index contributed by atoms with van der Waals surface area (Å²) < 4.78 is 40.6.